The Balaban J connectivity index is 0.000000178. The zero-order valence-corrected chi connectivity index (χ0v) is 36.3. The summed E-state index contributed by atoms with van der Waals surface area (Å²) in [5.74, 6) is 0.455. The molecule has 11 nitrogen and oxygen atoms in total. The van der Waals surface area contributed by atoms with Crippen LogP contribution >= 0.6 is 34.8 Å². The molecular weight excluding hydrogens is 867 g/mol. The number of halogens is 3. The molecule has 0 saturated heterocycles. The van der Waals surface area contributed by atoms with E-state index < -0.39 is 6.04 Å². The van der Waals surface area contributed by atoms with Crippen LogP contribution in [0.4, 0.5) is 0 Å². The second-order valence-electron chi connectivity index (χ2n) is 14.6. The quantitative estimate of drug-likeness (QED) is 0.118. The molecule has 2 amide bonds. The summed E-state index contributed by atoms with van der Waals surface area (Å²) in [5, 5.41) is 16.2. The molecule has 0 aliphatic rings. The molecule has 14 heteroatoms. The van der Waals surface area contributed by atoms with Gasteiger partial charge in [-0.15, -0.1) is 10.2 Å². The van der Waals surface area contributed by atoms with Crippen LogP contribution in [0.1, 0.15) is 43.9 Å². The number of carbonyl (C=O) groups excluding carboxylic acids is 2. The van der Waals surface area contributed by atoms with Crippen LogP contribution in [0.3, 0.4) is 0 Å². The fraction of sp³-hybridized carbons (Fsp3) is 0.0800. The Kier molecular flexibility index (Phi) is 14.0. The van der Waals surface area contributed by atoms with Gasteiger partial charge in [-0.25, -0.2) is 9.97 Å². The highest BCUT2D eigenvalue weighted by Gasteiger charge is 2.21. The monoisotopic (exact) mass is 904 g/mol. The number of hydrogen-bond acceptors (Lipinski definition) is 7. The fourth-order valence-electron chi connectivity index (χ4n) is 6.88. The number of benzene rings is 6. The summed E-state index contributed by atoms with van der Waals surface area (Å²) in [4.78, 5) is 34.2. The van der Waals surface area contributed by atoms with Gasteiger partial charge in [-0.2, -0.15) is 0 Å². The number of rotatable bonds is 13. The normalized spacial score (nSPS) is 11.8. The summed E-state index contributed by atoms with van der Waals surface area (Å²) in [6.45, 7) is 1.06. The molecule has 3 aromatic heterocycles. The molecule has 318 valence electrons. The van der Waals surface area contributed by atoms with Crippen molar-refractivity contribution in [2.75, 3.05) is 0 Å². The first-order chi connectivity index (χ1) is 31.3. The number of nitrogens with zero attached hydrogens (tertiary/aromatic N) is 6. The third-order valence-corrected chi connectivity index (χ3v) is 11.0. The minimum absolute atomic E-state index is 0.110. The molecule has 0 bridgehead atoms. The largest absolute Gasteiger partial charge is 0.416 e. The molecule has 2 N–H and O–H groups in total. The average molecular weight is 906 g/mol. The molecule has 6 aromatic carbocycles. The predicted octanol–water partition coefficient (Wildman–Crippen LogP) is 11.5. The van der Waals surface area contributed by atoms with Crippen LogP contribution in [-0.4, -0.2) is 41.1 Å². The molecule has 0 fully saturated rings. The minimum Gasteiger partial charge on any atom is -0.416 e. The van der Waals surface area contributed by atoms with E-state index in [2.05, 4.69) is 30.8 Å². The molecule has 3 heterocycles. The van der Waals surface area contributed by atoms with Gasteiger partial charge in [0.1, 0.15) is 0 Å². The highest BCUT2D eigenvalue weighted by atomic mass is 35.5. The van der Waals surface area contributed by atoms with Crippen LogP contribution < -0.4 is 10.6 Å². The lowest BCUT2D eigenvalue weighted by Gasteiger charge is -2.21. The zero-order valence-electron chi connectivity index (χ0n) is 34.0. The maximum atomic E-state index is 13.1. The molecule has 0 aliphatic heterocycles. The van der Waals surface area contributed by atoms with Gasteiger partial charge in [-0.1, -0.05) is 114 Å². The molecule has 9 aromatic rings. The van der Waals surface area contributed by atoms with Crippen molar-refractivity contribution in [1.82, 2.24) is 39.9 Å². The Morgan fingerprint density at radius 2 is 1.00 bits per heavy atom. The summed E-state index contributed by atoms with van der Waals surface area (Å²) >= 11 is 18.5. The minimum atomic E-state index is -0.398. The van der Waals surface area contributed by atoms with Crippen molar-refractivity contribution in [2.24, 2.45) is 0 Å². The molecule has 64 heavy (non-hydrogen) atoms. The van der Waals surface area contributed by atoms with Gasteiger partial charge in [-0.05, 0) is 95.1 Å². The van der Waals surface area contributed by atoms with Crippen LogP contribution in [-0.2, 0) is 13.1 Å². The summed E-state index contributed by atoms with van der Waals surface area (Å²) < 4.78 is 9.64. The molecule has 0 radical (unpaired) electrons. The maximum absolute atomic E-state index is 13.1. The Bertz CT molecular complexity index is 2890. The number of nitrogens with one attached hydrogen (secondary N) is 2. The van der Waals surface area contributed by atoms with Crippen LogP contribution in [0.25, 0.3) is 34.0 Å². The van der Waals surface area contributed by atoms with E-state index in [0.717, 1.165) is 27.8 Å². The van der Waals surface area contributed by atoms with E-state index in [1.54, 1.807) is 61.4 Å². The van der Waals surface area contributed by atoms with Gasteiger partial charge in [0.05, 0.1) is 24.7 Å². The Morgan fingerprint density at radius 1 is 0.531 bits per heavy atom. The number of imidazole rings is 2. The van der Waals surface area contributed by atoms with Crippen molar-refractivity contribution in [3.63, 3.8) is 0 Å². The topological polar surface area (TPSA) is 133 Å². The SMILES string of the molecule is O=C(NC(Cn1ccnc1)c1ccccc1)c1ccc(-c2ccc(Cl)cc2)cc1.O=C(N[C@H](Cn1ccnc1)c1ccc(Cl)cc1Cl)c1ccc(-c2nnc(-c3ccccc3)o2)cc1. The molecule has 9 rings (SSSR count). The summed E-state index contributed by atoms with van der Waals surface area (Å²) in [6, 6.07) is 46.4. The number of aromatic nitrogens is 6. The number of amides is 2. The predicted molar refractivity (Wildman–Crippen MR) is 250 cm³/mol. The number of carbonyl (C=O) groups is 2. The second kappa shape index (κ2) is 20.7. The van der Waals surface area contributed by atoms with Crippen LogP contribution in [0, 0.1) is 0 Å². The zero-order chi connectivity index (χ0) is 44.3. The van der Waals surface area contributed by atoms with Gasteiger partial charge in [-0.3, -0.25) is 9.59 Å². The average Bonchev–Trinajstić information content (AvgIpc) is 4.15. The summed E-state index contributed by atoms with van der Waals surface area (Å²) in [7, 11) is 0. The Labute approximate surface area is 384 Å². The highest BCUT2D eigenvalue weighted by Crippen LogP contribution is 2.29. The lowest BCUT2D eigenvalue weighted by atomic mass is 10.0. The van der Waals surface area contributed by atoms with E-state index in [4.69, 9.17) is 39.2 Å². The van der Waals surface area contributed by atoms with Gasteiger partial charge in [0.15, 0.2) is 0 Å². The van der Waals surface area contributed by atoms with Crippen molar-refractivity contribution in [3.05, 3.63) is 226 Å². The second-order valence-corrected chi connectivity index (χ2v) is 15.9. The molecule has 0 saturated carbocycles. The maximum Gasteiger partial charge on any atom is 0.251 e. The molecular formula is C50H39Cl3N8O3. The van der Waals surface area contributed by atoms with Gasteiger partial charge < -0.3 is 24.2 Å². The third-order valence-electron chi connectivity index (χ3n) is 10.2. The van der Waals surface area contributed by atoms with Crippen molar-refractivity contribution in [3.8, 4) is 34.0 Å². The standard InChI is InChI=1S/C26H19Cl2N5O2.C24H20ClN3O/c27-20-10-11-21(22(28)14-20)23(15-33-13-12-29-16-33)30-24(34)17-6-8-19(9-7-17)26-32-31-25(35-26)18-4-2-1-3-5-18;25-22-12-10-19(11-13-22)18-6-8-21(9-7-18)24(29)27-23(16-28-15-14-26-17-28)20-4-2-1-3-5-20/h1-14,16,23H,15H2,(H,30,34);1-15,17,23H,16H2,(H,27,29)/t23-;/m1./s1. The van der Waals surface area contributed by atoms with Crippen molar-refractivity contribution < 1.29 is 14.0 Å². The first-order valence-electron chi connectivity index (χ1n) is 20.1. The van der Waals surface area contributed by atoms with Gasteiger partial charge >= 0.3 is 0 Å². The fourth-order valence-corrected chi connectivity index (χ4v) is 7.54. The van der Waals surface area contributed by atoms with Gasteiger partial charge in [0.25, 0.3) is 11.8 Å². The van der Waals surface area contributed by atoms with Crippen molar-refractivity contribution >= 4 is 46.6 Å². The third kappa shape index (κ3) is 11.2. The van der Waals surface area contributed by atoms with E-state index in [-0.39, 0.29) is 17.9 Å². The smallest absolute Gasteiger partial charge is 0.251 e. The lowest BCUT2D eigenvalue weighted by molar-refractivity contribution is 0.0924. The van der Waals surface area contributed by atoms with E-state index in [9.17, 15) is 9.59 Å². The highest BCUT2D eigenvalue weighted by molar-refractivity contribution is 6.35. The van der Waals surface area contributed by atoms with E-state index in [1.165, 1.54) is 0 Å². The molecule has 0 aliphatic carbocycles. The lowest BCUT2D eigenvalue weighted by Crippen LogP contribution is -2.31. The van der Waals surface area contributed by atoms with E-state index in [1.807, 2.05) is 137 Å². The van der Waals surface area contributed by atoms with E-state index in [0.29, 0.717) is 56.6 Å². The van der Waals surface area contributed by atoms with Crippen molar-refractivity contribution in [1.29, 1.82) is 0 Å². The van der Waals surface area contributed by atoms with Crippen LogP contribution in [0.2, 0.25) is 15.1 Å². The molecule has 2 atom stereocenters. The molecule has 1 unspecified atom stereocenters. The Hall–Kier alpha value is -7.31. The van der Waals surface area contributed by atoms with Crippen LogP contribution in [0.5, 0.6) is 0 Å². The van der Waals surface area contributed by atoms with Gasteiger partial charge in [0, 0.05) is 75.2 Å². The Morgan fingerprint density at radius 3 is 1.53 bits per heavy atom. The first-order valence-corrected chi connectivity index (χ1v) is 21.3. The summed E-state index contributed by atoms with van der Waals surface area (Å²) in [6.07, 6.45) is 10.6. The molecule has 0 spiro atoms. The van der Waals surface area contributed by atoms with Gasteiger partial charge in [0.2, 0.25) is 11.8 Å². The van der Waals surface area contributed by atoms with E-state index >= 15 is 0 Å². The number of hydrogen-bond donors (Lipinski definition) is 2. The summed E-state index contributed by atoms with van der Waals surface area (Å²) in [5.41, 5.74) is 6.56. The first kappa shape index (κ1) is 43.3. The van der Waals surface area contributed by atoms with Crippen LogP contribution in [0.15, 0.2) is 194 Å². The van der Waals surface area contributed by atoms with Crippen molar-refractivity contribution in [2.45, 2.75) is 25.2 Å².